The quantitative estimate of drug-likeness (QED) is 0.799. The molecule has 2 N–H and O–H groups in total. The molecule has 102 valence electrons. The van der Waals surface area contributed by atoms with E-state index in [0.717, 1.165) is 25.2 Å². The fraction of sp³-hybridized carbons (Fsp3) is 0.400. The van der Waals surface area contributed by atoms with Crippen molar-refractivity contribution in [1.82, 2.24) is 15.1 Å². The van der Waals surface area contributed by atoms with Gasteiger partial charge in [-0.3, -0.25) is 0 Å². The maximum absolute atomic E-state index is 8.84. The summed E-state index contributed by atoms with van der Waals surface area (Å²) in [7, 11) is 0. The molecule has 0 spiro atoms. The van der Waals surface area contributed by atoms with Crippen LogP contribution in [0.15, 0.2) is 42.7 Å². The second kappa shape index (κ2) is 7.07. The smallest absolute Gasteiger partial charge is 0.0645 e. The lowest BCUT2D eigenvalue weighted by Crippen LogP contribution is -2.21. The SMILES string of the molecule is CC(CCO)CNCc1ccc(-n2cccn2)cc1. The Morgan fingerprint density at radius 2 is 2.11 bits per heavy atom. The minimum absolute atomic E-state index is 0.265. The Hall–Kier alpha value is -1.65. The van der Waals surface area contributed by atoms with Crippen molar-refractivity contribution < 1.29 is 5.11 Å². The van der Waals surface area contributed by atoms with Crippen molar-refractivity contribution in [3.63, 3.8) is 0 Å². The second-order valence-corrected chi connectivity index (χ2v) is 4.87. The summed E-state index contributed by atoms with van der Waals surface area (Å²) in [5.41, 5.74) is 2.33. The van der Waals surface area contributed by atoms with Gasteiger partial charge in [-0.25, -0.2) is 4.68 Å². The molecule has 2 rings (SSSR count). The van der Waals surface area contributed by atoms with Gasteiger partial charge in [0.1, 0.15) is 0 Å². The van der Waals surface area contributed by atoms with Crippen LogP contribution < -0.4 is 5.32 Å². The first-order valence-corrected chi connectivity index (χ1v) is 6.70. The van der Waals surface area contributed by atoms with Crippen molar-refractivity contribution in [1.29, 1.82) is 0 Å². The largest absolute Gasteiger partial charge is 0.396 e. The average molecular weight is 259 g/mol. The summed E-state index contributed by atoms with van der Waals surface area (Å²) < 4.78 is 1.85. The number of hydrogen-bond donors (Lipinski definition) is 2. The molecule has 4 heteroatoms. The zero-order valence-corrected chi connectivity index (χ0v) is 11.3. The molecule has 0 amide bonds. The minimum Gasteiger partial charge on any atom is -0.396 e. The molecular formula is C15H21N3O. The van der Waals surface area contributed by atoms with Gasteiger partial charge in [0.05, 0.1) is 5.69 Å². The van der Waals surface area contributed by atoms with Gasteiger partial charge >= 0.3 is 0 Å². The van der Waals surface area contributed by atoms with Crippen LogP contribution in [-0.4, -0.2) is 28.0 Å². The first kappa shape index (κ1) is 13.8. The van der Waals surface area contributed by atoms with Crippen LogP contribution in [0.3, 0.4) is 0 Å². The Labute approximate surface area is 114 Å². The zero-order valence-electron chi connectivity index (χ0n) is 11.3. The number of aliphatic hydroxyl groups excluding tert-OH is 1. The van der Waals surface area contributed by atoms with Crippen molar-refractivity contribution in [3.8, 4) is 5.69 Å². The van der Waals surface area contributed by atoms with Crippen LogP contribution in [0.5, 0.6) is 0 Å². The molecule has 0 aliphatic heterocycles. The van der Waals surface area contributed by atoms with E-state index >= 15 is 0 Å². The molecule has 0 saturated heterocycles. The fourth-order valence-electron chi connectivity index (χ4n) is 1.97. The van der Waals surface area contributed by atoms with Gasteiger partial charge in [-0.2, -0.15) is 5.10 Å². The van der Waals surface area contributed by atoms with Crippen LogP contribution in [0.2, 0.25) is 0 Å². The molecule has 0 aliphatic carbocycles. The Morgan fingerprint density at radius 1 is 1.32 bits per heavy atom. The lowest BCUT2D eigenvalue weighted by molar-refractivity contribution is 0.260. The summed E-state index contributed by atoms with van der Waals surface area (Å²) in [6.07, 6.45) is 4.56. The first-order valence-electron chi connectivity index (χ1n) is 6.70. The zero-order chi connectivity index (χ0) is 13.5. The number of aliphatic hydroxyl groups is 1. The lowest BCUT2D eigenvalue weighted by atomic mass is 10.1. The van der Waals surface area contributed by atoms with Crippen molar-refractivity contribution >= 4 is 0 Å². The summed E-state index contributed by atoms with van der Waals surface area (Å²) in [6.45, 7) is 4.20. The predicted molar refractivity (Wildman–Crippen MR) is 76.1 cm³/mol. The number of nitrogens with zero attached hydrogens (tertiary/aromatic N) is 2. The van der Waals surface area contributed by atoms with Gasteiger partial charge in [-0.15, -0.1) is 0 Å². The van der Waals surface area contributed by atoms with Crippen LogP contribution in [0.1, 0.15) is 18.9 Å². The van der Waals surface area contributed by atoms with E-state index < -0.39 is 0 Å². The van der Waals surface area contributed by atoms with E-state index in [2.05, 4.69) is 41.6 Å². The highest BCUT2D eigenvalue weighted by Gasteiger charge is 2.01. The van der Waals surface area contributed by atoms with Crippen molar-refractivity contribution in [2.45, 2.75) is 19.9 Å². The molecule has 1 aromatic heterocycles. The van der Waals surface area contributed by atoms with Crippen molar-refractivity contribution in [2.24, 2.45) is 5.92 Å². The maximum Gasteiger partial charge on any atom is 0.0645 e. The highest BCUT2D eigenvalue weighted by Crippen LogP contribution is 2.08. The Morgan fingerprint density at radius 3 is 2.74 bits per heavy atom. The summed E-state index contributed by atoms with van der Waals surface area (Å²) in [6, 6.07) is 10.3. The van der Waals surface area contributed by atoms with E-state index in [9.17, 15) is 0 Å². The molecule has 1 heterocycles. The van der Waals surface area contributed by atoms with Crippen LogP contribution in [0.4, 0.5) is 0 Å². The van der Waals surface area contributed by atoms with Gasteiger partial charge in [-0.1, -0.05) is 19.1 Å². The third-order valence-electron chi connectivity index (χ3n) is 3.15. The average Bonchev–Trinajstić information content (AvgIpc) is 2.94. The van der Waals surface area contributed by atoms with Crippen LogP contribution >= 0.6 is 0 Å². The summed E-state index contributed by atoms with van der Waals surface area (Å²) in [5, 5.41) is 16.4. The summed E-state index contributed by atoms with van der Waals surface area (Å²) in [5.74, 6) is 0.508. The van der Waals surface area contributed by atoms with Gasteiger partial charge < -0.3 is 10.4 Å². The molecule has 0 bridgehead atoms. The van der Waals surface area contributed by atoms with E-state index in [4.69, 9.17) is 5.11 Å². The van der Waals surface area contributed by atoms with Crippen molar-refractivity contribution in [3.05, 3.63) is 48.3 Å². The van der Waals surface area contributed by atoms with Crippen LogP contribution in [0, 0.1) is 5.92 Å². The van der Waals surface area contributed by atoms with E-state index in [1.807, 2.05) is 16.9 Å². The monoisotopic (exact) mass is 259 g/mol. The number of rotatable bonds is 7. The molecule has 0 saturated carbocycles. The number of aromatic nitrogens is 2. The van der Waals surface area contributed by atoms with E-state index in [-0.39, 0.29) is 6.61 Å². The van der Waals surface area contributed by atoms with E-state index in [1.165, 1.54) is 5.56 Å². The number of nitrogens with one attached hydrogen (secondary N) is 1. The Kier molecular flexibility index (Phi) is 5.12. The second-order valence-electron chi connectivity index (χ2n) is 4.87. The topological polar surface area (TPSA) is 50.1 Å². The van der Waals surface area contributed by atoms with Crippen LogP contribution in [-0.2, 0) is 6.54 Å². The molecule has 4 nitrogen and oxygen atoms in total. The van der Waals surface area contributed by atoms with E-state index in [0.29, 0.717) is 5.92 Å². The molecule has 19 heavy (non-hydrogen) atoms. The van der Waals surface area contributed by atoms with Gasteiger partial charge in [0.15, 0.2) is 0 Å². The molecule has 1 atom stereocenters. The standard InChI is InChI=1S/C15H21N3O/c1-13(7-10-19)11-16-12-14-3-5-15(6-4-14)18-9-2-8-17-18/h2-6,8-9,13,16,19H,7,10-12H2,1H3. The molecular weight excluding hydrogens is 238 g/mol. The van der Waals surface area contributed by atoms with Gasteiger partial charge in [-0.05, 0) is 42.6 Å². The highest BCUT2D eigenvalue weighted by molar-refractivity contribution is 5.33. The highest BCUT2D eigenvalue weighted by atomic mass is 16.3. The number of hydrogen-bond acceptors (Lipinski definition) is 3. The molecule has 1 aromatic carbocycles. The minimum atomic E-state index is 0.265. The predicted octanol–water partition coefficient (Wildman–Crippen LogP) is 1.98. The Bertz CT molecular complexity index is 465. The fourth-order valence-corrected chi connectivity index (χ4v) is 1.97. The van der Waals surface area contributed by atoms with E-state index in [1.54, 1.807) is 6.20 Å². The molecule has 1 unspecified atom stereocenters. The lowest BCUT2D eigenvalue weighted by Gasteiger charge is -2.11. The van der Waals surface area contributed by atoms with Gasteiger partial charge in [0, 0.05) is 25.5 Å². The third-order valence-corrected chi connectivity index (χ3v) is 3.15. The maximum atomic E-state index is 8.84. The van der Waals surface area contributed by atoms with Crippen molar-refractivity contribution in [2.75, 3.05) is 13.2 Å². The first-order chi connectivity index (χ1) is 9.29. The Balaban J connectivity index is 1.82. The summed E-state index contributed by atoms with van der Waals surface area (Å²) in [4.78, 5) is 0. The summed E-state index contributed by atoms with van der Waals surface area (Å²) >= 11 is 0. The molecule has 0 radical (unpaired) electrons. The number of benzene rings is 1. The molecule has 0 aliphatic rings. The molecule has 2 aromatic rings. The van der Waals surface area contributed by atoms with Gasteiger partial charge in [0.2, 0.25) is 0 Å². The van der Waals surface area contributed by atoms with Gasteiger partial charge in [0.25, 0.3) is 0 Å². The third kappa shape index (κ3) is 4.19. The van der Waals surface area contributed by atoms with Crippen LogP contribution in [0.25, 0.3) is 5.69 Å². The molecule has 0 fully saturated rings. The normalized spacial score (nSPS) is 12.5.